The Bertz CT molecular complexity index is 1520. The number of aromatic nitrogens is 2. The first-order valence-electron chi connectivity index (χ1n) is 13.7. The molecule has 1 unspecified atom stereocenters. The van der Waals surface area contributed by atoms with Gasteiger partial charge < -0.3 is 24.5 Å². The molecule has 1 atom stereocenters. The highest BCUT2D eigenvalue weighted by Crippen LogP contribution is 2.42. The van der Waals surface area contributed by atoms with E-state index in [2.05, 4.69) is 9.97 Å². The number of nitrogens with zero attached hydrogens (tertiary/aromatic N) is 5. The van der Waals surface area contributed by atoms with Gasteiger partial charge in [0, 0.05) is 75.0 Å². The predicted octanol–water partition coefficient (Wildman–Crippen LogP) is 4.47. The Hall–Kier alpha value is -3.92. The van der Waals surface area contributed by atoms with Crippen molar-refractivity contribution in [2.24, 2.45) is 0 Å². The molecule has 0 radical (unpaired) electrons. The molecule has 1 aromatic heterocycles. The minimum atomic E-state index is -0.629. The second-order valence-electron chi connectivity index (χ2n) is 10.4. The molecule has 1 aliphatic heterocycles. The summed E-state index contributed by atoms with van der Waals surface area (Å²) in [5.41, 5.74) is 1.99. The highest BCUT2D eigenvalue weighted by atomic mass is 35.5. The number of carbonyl (C=O) groups excluding carboxylic acids is 2. The van der Waals surface area contributed by atoms with Gasteiger partial charge in [0.15, 0.2) is 5.82 Å². The molecule has 11 heteroatoms. The fraction of sp³-hybridized carbons (Fsp3) is 0.400. The Labute approximate surface area is 243 Å². The van der Waals surface area contributed by atoms with Gasteiger partial charge in [-0.1, -0.05) is 42.8 Å². The van der Waals surface area contributed by atoms with Gasteiger partial charge in [-0.15, -0.1) is 0 Å². The zero-order valence-electron chi connectivity index (χ0n) is 23.4. The summed E-state index contributed by atoms with van der Waals surface area (Å²) in [4.78, 5) is 38.6. The zero-order valence-corrected chi connectivity index (χ0v) is 24.1. The summed E-state index contributed by atoms with van der Waals surface area (Å²) >= 11 is 6.79. The molecule has 0 saturated carbocycles. The van der Waals surface area contributed by atoms with Gasteiger partial charge >= 0.3 is 6.01 Å². The van der Waals surface area contributed by atoms with E-state index in [1.165, 1.54) is 4.90 Å². The summed E-state index contributed by atoms with van der Waals surface area (Å²) in [6.45, 7) is 3.84. The lowest BCUT2D eigenvalue weighted by molar-refractivity contribution is -0.131. The van der Waals surface area contributed by atoms with Crippen LogP contribution >= 0.6 is 11.6 Å². The van der Waals surface area contributed by atoms with Gasteiger partial charge in [-0.25, -0.2) is 4.39 Å². The molecular formula is C30H33ClFN5O4. The number of halogens is 2. The summed E-state index contributed by atoms with van der Waals surface area (Å²) in [6, 6.07) is 9.17. The van der Waals surface area contributed by atoms with E-state index in [1.807, 2.05) is 36.1 Å². The molecule has 2 aromatic carbocycles. The fourth-order valence-electron chi connectivity index (χ4n) is 5.38. The first-order valence-corrected chi connectivity index (χ1v) is 14.1. The lowest BCUT2D eigenvalue weighted by Crippen LogP contribution is -2.49. The van der Waals surface area contributed by atoms with E-state index >= 15 is 4.39 Å². The fourth-order valence-corrected chi connectivity index (χ4v) is 5.69. The minimum Gasteiger partial charge on any atom is -0.512 e. The Morgan fingerprint density at radius 1 is 1.17 bits per heavy atom. The first-order chi connectivity index (χ1) is 19.7. The molecule has 5 rings (SSSR count). The summed E-state index contributed by atoms with van der Waals surface area (Å²) in [5, 5.41) is 11.1. The number of aliphatic hydroxyl groups excluding tert-OH is 1. The van der Waals surface area contributed by atoms with Gasteiger partial charge in [0.25, 0.3) is 0 Å². The highest BCUT2D eigenvalue weighted by molar-refractivity contribution is 6.32. The van der Waals surface area contributed by atoms with Crippen LogP contribution in [0.1, 0.15) is 42.4 Å². The normalized spacial score (nSPS) is 16.8. The van der Waals surface area contributed by atoms with Crippen molar-refractivity contribution < 1.29 is 23.8 Å². The number of hydrogen-bond donors (Lipinski definition) is 1. The predicted molar refractivity (Wildman–Crippen MR) is 155 cm³/mol. The van der Waals surface area contributed by atoms with Crippen molar-refractivity contribution >= 4 is 40.1 Å². The number of allylic oxidation sites excluding steroid dienone is 2. The Balaban J connectivity index is 1.58. The average Bonchev–Trinajstić information content (AvgIpc) is 2.96. The van der Waals surface area contributed by atoms with Gasteiger partial charge in [-0.05, 0) is 23.3 Å². The van der Waals surface area contributed by atoms with Crippen LogP contribution in [-0.2, 0) is 16.0 Å². The van der Waals surface area contributed by atoms with Crippen LogP contribution in [0.3, 0.4) is 0 Å². The third-order valence-electron chi connectivity index (χ3n) is 7.59. The van der Waals surface area contributed by atoms with Crippen molar-refractivity contribution in [3.05, 3.63) is 69.7 Å². The van der Waals surface area contributed by atoms with E-state index < -0.39 is 11.7 Å². The number of anilines is 1. The second kappa shape index (κ2) is 11.9. The monoisotopic (exact) mass is 581 g/mol. The van der Waals surface area contributed by atoms with Crippen LogP contribution in [0.5, 0.6) is 6.01 Å². The van der Waals surface area contributed by atoms with Crippen LogP contribution in [0.15, 0.2) is 42.2 Å². The highest BCUT2D eigenvalue weighted by Gasteiger charge is 2.30. The molecule has 3 aromatic rings. The van der Waals surface area contributed by atoms with Crippen molar-refractivity contribution in [3.8, 4) is 6.01 Å². The molecule has 1 saturated heterocycles. The van der Waals surface area contributed by atoms with Crippen molar-refractivity contribution in [1.82, 2.24) is 19.8 Å². The standard InChI is InChI=1S/C30H33ClFN5O4/c1-4-24(39)36-10-12-37(13-11-36)29-22-17-23(31)26(21-16-19(38)15-18-7-5-6-8-20(18)21)27(32)28(22)33-30(34-29)41-14-9-25(40)35(2)3/h5-8,16-17,21,38H,4,9-15H2,1-3H3. The van der Waals surface area contributed by atoms with Gasteiger partial charge in [-0.3, -0.25) is 9.59 Å². The Morgan fingerprint density at radius 2 is 1.90 bits per heavy atom. The van der Waals surface area contributed by atoms with Crippen LogP contribution in [0, 0.1) is 5.82 Å². The average molecular weight is 582 g/mol. The number of fused-ring (bicyclic) bond motifs is 2. The lowest BCUT2D eigenvalue weighted by atomic mass is 9.82. The van der Waals surface area contributed by atoms with E-state index in [0.29, 0.717) is 50.2 Å². The van der Waals surface area contributed by atoms with Crippen molar-refractivity contribution in [3.63, 3.8) is 0 Å². The number of hydrogen-bond acceptors (Lipinski definition) is 7. The molecule has 41 heavy (non-hydrogen) atoms. The van der Waals surface area contributed by atoms with E-state index in [1.54, 1.807) is 31.1 Å². The lowest BCUT2D eigenvalue weighted by Gasteiger charge is -2.36. The van der Waals surface area contributed by atoms with Crippen LogP contribution < -0.4 is 9.64 Å². The van der Waals surface area contributed by atoms with E-state index in [0.717, 1.165) is 11.1 Å². The van der Waals surface area contributed by atoms with Crippen LogP contribution in [-0.4, -0.2) is 83.6 Å². The molecule has 2 amide bonds. The topological polar surface area (TPSA) is 99.1 Å². The molecule has 2 heterocycles. The SMILES string of the molecule is CCC(=O)N1CCN(c2nc(OCCC(=O)N(C)C)nc3c(F)c(C4C=C(O)Cc5ccccc54)c(Cl)cc23)CC1. The molecule has 0 bridgehead atoms. The Kier molecular flexibility index (Phi) is 8.30. The van der Waals surface area contributed by atoms with Crippen LogP contribution in [0.25, 0.3) is 10.9 Å². The molecule has 2 aliphatic rings. The van der Waals surface area contributed by atoms with Crippen LogP contribution in [0.4, 0.5) is 10.2 Å². The van der Waals surface area contributed by atoms with E-state index in [9.17, 15) is 14.7 Å². The number of piperazine rings is 1. The summed E-state index contributed by atoms with van der Waals surface area (Å²) in [7, 11) is 3.32. The summed E-state index contributed by atoms with van der Waals surface area (Å²) < 4.78 is 22.3. The molecule has 216 valence electrons. The van der Waals surface area contributed by atoms with Crippen molar-refractivity contribution in [2.45, 2.75) is 32.1 Å². The second-order valence-corrected chi connectivity index (χ2v) is 10.8. The number of benzene rings is 2. The third-order valence-corrected chi connectivity index (χ3v) is 7.90. The van der Waals surface area contributed by atoms with Gasteiger partial charge in [0.1, 0.15) is 17.9 Å². The summed E-state index contributed by atoms with van der Waals surface area (Å²) in [5.74, 6) is -0.694. The number of rotatable bonds is 7. The molecule has 1 fully saturated rings. The molecule has 0 spiro atoms. The number of carbonyl (C=O) groups is 2. The molecule has 9 nitrogen and oxygen atoms in total. The van der Waals surface area contributed by atoms with E-state index in [-0.39, 0.29) is 52.7 Å². The maximum atomic E-state index is 16.6. The molecule has 1 aliphatic carbocycles. The molecule has 1 N–H and O–H groups in total. The summed E-state index contributed by atoms with van der Waals surface area (Å²) in [6.07, 6.45) is 2.52. The molecular weight excluding hydrogens is 549 g/mol. The number of amides is 2. The number of aliphatic hydroxyl groups is 1. The quantitative estimate of drug-likeness (QED) is 0.439. The maximum absolute atomic E-state index is 16.6. The zero-order chi connectivity index (χ0) is 29.3. The first kappa shape index (κ1) is 28.6. The third kappa shape index (κ3) is 5.79. The van der Waals surface area contributed by atoms with Crippen LogP contribution in [0.2, 0.25) is 5.02 Å². The van der Waals surface area contributed by atoms with Crippen molar-refractivity contribution in [2.75, 3.05) is 51.8 Å². The maximum Gasteiger partial charge on any atom is 0.319 e. The minimum absolute atomic E-state index is 0.0232. The van der Waals surface area contributed by atoms with Gasteiger partial charge in [0.05, 0.1) is 12.2 Å². The Morgan fingerprint density at radius 3 is 2.61 bits per heavy atom. The van der Waals surface area contributed by atoms with E-state index in [4.69, 9.17) is 16.3 Å². The smallest absolute Gasteiger partial charge is 0.319 e. The van der Waals surface area contributed by atoms with Gasteiger partial charge in [-0.2, -0.15) is 9.97 Å². The number of ether oxygens (including phenoxy) is 1. The van der Waals surface area contributed by atoms with Crippen molar-refractivity contribution in [1.29, 1.82) is 0 Å². The largest absolute Gasteiger partial charge is 0.512 e. The van der Waals surface area contributed by atoms with Gasteiger partial charge in [0.2, 0.25) is 11.8 Å².